The van der Waals surface area contributed by atoms with E-state index in [0.29, 0.717) is 4.90 Å². The van der Waals surface area contributed by atoms with E-state index in [1.165, 1.54) is 17.8 Å². The topological polar surface area (TPSA) is 54.9 Å². The third kappa shape index (κ3) is 2.32. The maximum atomic E-state index is 11.5. The molecule has 70 valence electrons. The van der Waals surface area contributed by atoms with Crippen molar-refractivity contribution in [1.29, 1.82) is 0 Å². The summed E-state index contributed by atoms with van der Waals surface area (Å²) in [5.41, 5.74) is -0.0481. The predicted octanol–water partition coefficient (Wildman–Crippen LogP) is 1.21. The van der Waals surface area contributed by atoms with Gasteiger partial charge in [-0.3, -0.25) is 4.79 Å². The first kappa shape index (κ1) is 6.62. The molecule has 6 heteroatoms. The zero-order valence-corrected chi connectivity index (χ0v) is 8.24. The number of amides is 1. The molecule has 1 heterocycles. The lowest BCUT2D eigenvalue weighted by molar-refractivity contribution is 0.0954. The maximum Gasteiger partial charge on any atom is 0.272 e. The van der Waals surface area contributed by atoms with Crippen molar-refractivity contribution in [2.45, 2.75) is 4.90 Å². The first-order valence-corrected chi connectivity index (χ1v) is 4.83. The van der Waals surface area contributed by atoms with E-state index in [9.17, 15) is 4.79 Å². The fourth-order valence-electron chi connectivity index (χ4n) is 0.725. The fraction of sp³-hybridized carbons (Fsp3) is 0.286. The lowest BCUT2D eigenvalue weighted by Crippen LogP contribution is -2.20. The summed E-state index contributed by atoms with van der Waals surface area (Å²) in [7, 11) is 0. The molecule has 0 bridgehead atoms. The summed E-state index contributed by atoms with van der Waals surface area (Å²) in [5, 5.41) is 9.04. The van der Waals surface area contributed by atoms with Crippen molar-refractivity contribution < 1.29 is 8.91 Å². The van der Waals surface area contributed by atoms with Crippen molar-refractivity contribution in [2.24, 2.45) is 0 Å². The monoisotopic (exact) mass is 220 g/mol. The van der Waals surface area contributed by atoms with E-state index in [2.05, 4.69) is 10.2 Å². The van der Waals surface area contributed by atoms with Gasteiger partial charge in [0.05, 0.1) is 0 Å². The molecule has 1 N–H and O–H groups in total. The average molecular weight is 221 g/mol. The van der Waals surface area contributed by atoms with Crippen LogP contribution >= 0.6 is 23.4 Å². The van der Waals surface area contributed by atoms with Crippen LogP contribution in [-0.2, 0) is 0 Å². The zero-order chi connectivity index (χ0) is 12.3. The second-order valence-corrected chi connectivity index (χ2v) is 3.27. The highest BCUT2D eigenvalue weighted by atomic mass is 35.5. The Balaban J connectivity index is 2.99. The molecule has 0 aromatic carbocycles. The van der Waals surface area contributed by atoms with E-state index in [1.54, 1.807) is 6.26 Å². The Kier molecular flexibility index (Phi) is 2.26. The highest BCUT2D eigenvalue weighted by molar-refractivity contribution is 7.98. The summed E-state index contributed by atoms with van der Waals surface area (Å²) >= 11 is 6.84. The van der Waals surface area contributed by atoms with Gasteiger partial charge < -0.3 is 5.32 Å². The van der Waals surface area contributed by atoms with Crippen molar-refractivity contribution >= 4 is 29.3 Å². The van der Waals surface area contributed by atoms with E-state index in [0.717, 1.165) is 0 Å². The molecule has 0 spiro atoms. The molecule has 0 fully saturated rings. The number of carbonyl (C=O) groups excluding carboxylic acids is 1. The minimum atomic E-state index is -2.55. The van der Waals surface area contributed by atoms with Gasteiger partial charge in [0.1, 0.15) is 0 Å². The molecule has 0 atom stereocenters. The van der Waals surface area contributed by atoms with Gasteiger partial charge in [-0.05, 0) is 12.3 Å². The van der Waals surface area contributed by atoms with Gasteiger partial charge in [0.25, 0.3) is 5.91 Å². The number of nitrogens with zero attached hydrogens (tertiary/aromatic N) is 2. The summed E-state index contributed by atoms with van der Waals surface area (Å²) in [4.78, 5) is 12.0. The van der Waals surface area contributed by atoms with Crippen molar-refractivity contribution in [2.75, 3.05) is 13.2 Å². The Morgan fingerprint density at radius 2 is 2.54 bits per heavy atom. The zero-order valence-electron chi connectivity index (χ0n) is 9.67. The summed E-state index contributed by atoms with van der Waals surface area (Å²) in [6.45, 7) is -2.55. The molecule has 0 saturated heterocycles. The van der Waals surface area contributed by atoms with Crippen molar-refractivity contribution in [3.8, 4) is 0 Å². The van der Waals surface area contributed by atoms with Crippen molar-refractivity contribution in [3.05, 3.63) is 16.9 Å². The van der Waals surface area contributed by atoms with Gasteiger partial charge in [-0.2, -0.15) is 0 Å². The Hall–Kier alpha value is -0.810. The van der Waals surface area contributed by atoms with Gasteiger partial charge in [-0.15, -0.1) is 22.0 Å². The number of aromatic nitrogens is 2. The maximum absolute atomic E-state index is 11.5. The molecule has 0 radical (unpaired) electrons. The molecule has 13 heavy (non-hydrogen) atoms. The van der Waals surface area contributed by atoms with E-state index >= 15 is 0 Å². The first-order valence-electron chi connectivity index (χ1n) is 4.73. The Morgan fingerprint density at radius 3 is 3.15 bits per heavy atom. The molecule has 4 nitrogen and oxygen atoms in total. The van der Waals surface area contributed by atoms with Crippen LogP contribution < -0.4 is 5.32 Å². The standard InChI is InChI=1S/C7H8ClN3OS/c1-9-7(12)6-4(13-2)3-5(8)10-11-6/h3H,1-2H3,(H,9,12)/i1D3. The lowest BCUT2D eigenvalue weighted by Gasteiger charge is -2.03. The quantitative estimate of drug-likeness (QED) is 0.762. The van der Waals surface area contributed by atoms with Crippen LogP contribution in [0.1, 0.15) is 14.6 Å². The van der Waals surface area contributed by atoms with E-state index in [4.69, 9.17) is 15.7 Å². The molecule has 0 aliphatic heterocycles. The van der Waals surface area contributed by atoms with Gasteiger partial charge in [0.15, 0.2) is 10.8 Å². The van der Waals surface area contributed by atoms with Gasteiger partial charge in [0.2, 0.25) is 0 Å². The van der Waals surface area contributed by atoms with Crippen LogP contribution in [0.25, 0.3) is 0 Å². The van der Waals surface area contributed by atoms with Crippen molar-refractivity contribution in [3.63, 3.8) is 0 Å². The summed E-state index contributed by atoms with van der Waals surface area (Å²) in [6, 6.07) is 1.45. The summed E-state index contributed by atoms with van der Waals surface area (Å²) in [6.07, 6.45) is 1.72. The largest absolute Gasteiger partial charge is 0.354 e. The third-order valence-electron chi connectivity index (χ3n) is 1.28. The third-order valence-corrected chi connectivity index (χ3v) is 2.21. The number of hydrogen-bond acceptors (Lipinski definition) is 4. The highest BCUT2D eigenvalue weighted by Gasteiger charge is 2.12. The molecule has 0 saturated carbocycles. The molecule has 0 unspecified atom stereocenters. The van der Waals surface area contributed by atoms with Crippen LogP contribution in [0.5, 0.6) is 0 Å². The van der Waals surface area contributed by atoms with Gasteiger partial charge >= 0.3 is 0 Å². The van der Waals surface area contributed by atoms with E-state index < -0.39 is 12.9 Å². The number of rotatable bonds is 2. The number of hydrogen-bond donors (Lipinski definition) is 1. The van der Waals surface area contributed by atoms with Gasteiger partial charge in [0, 0.05) is 16.0 Å². The molecule has 1 aromatic rings. The molecule has 0 aliphatic rings. The predicted molar refractivity (Wildman–Crippen MR) is 52.2 cm³/mol. The summed E-state index contributed by atoms with van der Waals surface area (Å²) < 4.78 is 20.7. The first-order chi connectivity index (χ1) is 7.33. The number of carbonyl (C=O) groups is 1. The Bertz CT molecular complexity index is 412. The van der Waals surface area contributed by atoms with Crippen LogP contribution in [0.3, 0.4) is 0 Å². The van der Waals surface area contributed by atoms with Crippen LogP contribution in [0, 0.1) is 0 Å². The SMILES string of the molecule is [2H]C([2H])([2H])NC(=O)c1nnc(Cl)cc1SC. The molecule has 0 aliphatic carbocycles. The normalized spacial score (nSPS) is 14.2. The van der Waals surface area contributed by atoms with E-state index in [1.807, 2.05) is 5.32 Å². The molecule has 1 rings (SSSR count). The van der Waals surface area contributed by atoms with Crippen LogP contribution in [0.4, 0.5) is 0 Å². The fourth-order valence-corrected chi connectivity index (χ4v) is 1.49. The second-order valence-electron chi connectivity index (χ2n) is 2.04. The Morgan fingerprint density at radius 1 is 1.77 bits per heavy atom. The number of thioether (sulfide) groups is 1. The lowest BCUT2D eigenvalue weighted by atomic mass is 10.4. The number of halogens is 1. The van der Waals surface area contributed by atoms with Crippen LogP contribution in [0.15, 0.2) is 11.0 Å². The molecule has 1 aromatic heterocycles. The second kappa shape index (κ2) is 4.43. The van der Waals surface area contributed by atoms with Crippen molar-refractivity contribution in [1.82, 2.24) is 15.5 Å². The summed E-state index contributed by atoms with van der Waals surface area (Å²) in [5.74, 6) is -0.798. The van der Waals surface area contributed by atoms with Crippen LogP contribution in [0.2, 0.25) is 5.15 Å². The Labute approximate surface area is 89.3 Å². The van der Waals surface area contributed by atoms with Gasteiger partial charge in [-0.25, -0.2) is 0 Å². The minimum absolute atomic E-state index is 0.0481. The van der Waals surface area contributed by atoms with E-state index in [-0.39, 0.29) is 10.8 Å². The minimum Gasteiger partial charge on any atom is -0.354 e. The smallest absolute Gasteiger partial charge is 0.272 e. The van der Waals surface area contributed by atoms with Gasteiger partial charge in [-0.1, -0.05) is 11.6 Å². The molecular formula is C7H8ClN3OS. The molecule has 1 amide bonds. The molecular weight excluding hydrogens is 210 g/mol. The van der Waals surface area contributed by atoms with Crippen LogP contribution in [-0.4, -0.2) is 29.3 Å². The number of nitrogens with one attached hydrogen (secondary N) is 1. The average Bonchev–Trinajstić information content (AvgIpc) is 2.14. The highest BCUT2D eigenvalue weighted by Crippen LogP contribution is 2.20.